The Hall–Kier alpha value is -7.12. The third kappa shape index (κ3) is 4.97. The molecule has 0 saturated heterocycles. The van der Waals surface area contributed by atoms with Crippen LogP contribution in [0.4, 0.5) is 0 Å². The van der Waals surface area contributed by atoms with Crippen LogP contribution in [-0.4, -0.2) is 24.1 Å². The summed E-state index contributed by atoms with van der Waals surface area (Å²) in [6, 6.07) is 51.5. The minimum atomic E-state index is -0.0528. The van der Waals surface area contributed by atoms with Gasteiger partial charge in [0.05, 0.1) is 11.0 Å². The van der Waals surface area contributed by atoms with Gasteiger partial charge in [0.1, 0.15) is 11.2 Å². The van der Waals surface area contributed by atoms with Gasteiger partial charge in [0, 0.05) is 46.9 Å². The first kappa shape index (κ1) is 30.7. The highest BCUT2D eigenvalue weighted by Crippen LogP contribution is 2.42. The third-order valence-electron chi connectivity index (χ3n) is 10.2. The zero-order chi connectivity index (χ0) is 35.6. The number of imidazole rings is 1. The second-order valence-electron chi connectivity index (χ2n) is 13.3. The van der Waals surface area contributed by atoms with Gasteiger partial charge in [-0.1, -0.05) is 121 Å². The van der Waals surface area contributed by atoms with Crippen molar-refractivity contribution < 1.29 is 4.42 Å². The summed E-state index contributed by atoms with van der Waals surface area (Å²) in [5.41, 5.74) is 10.1. The highest BCUT2D eigenvalue weighted by Gasteiger charge is 2.20. The minimum Gasteiger partial charge on any atom is -0.455 e. The quantitative estimate of drug-likeness (QED) is 0.180. The molecule has 0 fully saturated rings. The Balaban J connectivity index is 1.16. The number of rotatable bonds is 5. The van der Waals surface area contributed by atoms with E-state index < -0.39 is 0 Å². The van der Waals surface area contributed by atoms with Crippen molar-refractivity contribution in [3.05, 3.63) is 162 Å². The van der Waals surface area contributed by atoms with Gasteiger partial charge >= 0.3 is 5.69 Å². The molecule has 252 valence electrons. The van der Waals surface area contributed by atoms with Crippen LogP contribution in [0, 0.1) is 0 Å². The molecule has 0 N–H and O–H groups in total. The molecule has 10 aromatic rings. The lowest BCUT2D eigenvalue weighted by atomic mass is 9.94. The van der Waals surface area contributed by atoms with Crippen molar-refractivity contribution in [1.82, 2.24) is 24.1 Å². The summed E-state index contributed by atoms with van der Waals surface area (Å²) in [5, 5.41) is 4.35. The van der Waals surface area contributed by atoms with Crippen LogP contribution in [0.1, 0.15) is 0 Å². The predicted molar refractivity (Wildman–Crippen MR) is 214 cm³/mol. The van der Waals surface area contributed by atoms with E-state index in [0.717, 1.165) is 82.7 Å². The molecular formula is C46H31N5O2. The SMILES string of the molecule is Cn1c(=O)n(C)c2cc(-c3cccc(-c4nc(-c5ccccc5)nc(-c5ccccc5-c5cccc6oc7c8ccccc8ccc7c56)n4)c3)ccc21. The van der Waals surface area contributed by atoms with Crippen molar-refractivity contribution in [1.29, 1.82) is 0 Å². The Morgan fingerprint density at radius 3 is 1.98 bits per heavy atom. The number of fused-ring (bicyclic) bond motifs is 6. The van der Waals surface area contributed by atoms with Crippen LogP contribution in [0.15, 0.2) is 161 Å². The molecule has 0 amide bonds. The molecule has 3 aromatic heterocycles. The van der Waals surface area contributed by atoms with Crippen LogP contribution in [0.2, 0.25) is 0 Å². The molecule has 7 aromatic carbocycles. The van der Waals surface area contributed by atoms with E-state index in [1.54, 1.807) is 23.2 Å². The van der Waals surface area contributed by atoms with Crippen molar-refractivity contribution in [3.63, 3.8) is 0 Å². The monoisotopic (exact) mass is 685 g/mol. The van der Waals surface area contributed by atoms with E-state index in [1.165, 1.54) is 0 Å². The van der Waals surface area contributed by atoms with Crippen LogP contribution in [-0.2, 0) is 14.1 Å². The van der Waals surface area contributed by atoms with Crippen molar-refractivity contribution >= 4 is 43.7 Å². The zero-order valence-electron chi connectivity index (χ0n) is 29.0. The predicted octanol–water partition coefficient (Wildman–Crippen LogP) is 10.4. The Kier molecular flexibility index (Phi) is 6.94. The van der Waals surface area contributed by atoms with Crippen LogP contribution in [0.5, 0.6) is 0 Å². The molecule has 10 rings (SSSR count). The smallest absolute Gasteiger partial charge is 0.328 e. The van der Waals surface area contributed by atoms with Crippen LogP contribution in [0.3, 0.4) is 0 Å². The van der Waals surface area contributed by atoms with Crippen molar-refractivity contribution in [2.45, 2.75) is 0 Å². The number of aryl methyl sites for hydroxylation is 2. The molecule has 3 heterocycles. The lowest BCUT2D eigenvalue weighted by Gasteiger charge is -2.13. The van der Waals surface area contributed by atoms with E-state index in [-0.39, 0.29) is 5.69 Å². The number of hydrogen-bond acceptors (Lipinski definition) is 5. The van der Waals surface area contributed by atoms with Crippen molar-refractivity contribution in [3.8, 4) is 56.4 Å². The number of benzene rings is 7. The maximum Gasteiger partial charge on any atom is 0.328 e. The molecule has 0 saturated carbocycles. The van der Waals surface area contributed by atoms with Gasteiger partial charge < -0.3 is 4.42 Å². The number of aromatic nitrogens is 5. The lowest BCUT2D eigenvalue weighted by Crippen LogP contribution is -2.19. The van der Waals surface area contributed by atoms with Gasteiger partial charge in [0.15, 0.2) is 17.5 Å². The summed E-state index contributed by atoms with van der Waals surface area (Å²) in [6.07, 6.45) is 0. The Morgan fingerprint density at radius 2 is 1.11 bits per heavy atom. The molecule has 0 unspecified atom stereocenters. The highest BCUT2D eigenvalue weighted by molar-refractivity contribution is 6.19. The second kappa shape index (κ2) is 12.0. The first-order valence-electron chi connectivity index (χ1n) is 17.5. The molecule has 0 atom stereocenters. The Labute approximate surface area is 304 Å². The summed E-state index contributed by atoms with van der Waals surface area (Å²) < 4.78 is 9.90. The van der Waals surface area contributed by atoms with Gasteiger partial charge in [-0.15, -0.1) is 0 Å². The normalized spacial score (nSPS) is 11.7. The fourth-order valence-electron chi connectivity index (χ4n) is 7.56. The van der Waals surface area contributed by atoms with E-state index in [4.69, 9.17) is 19.4 Å². The van der Waals surface area contributed by atoms with Gasteiger partial charge in [-0.25, -0.2) is 19.7 Å². The van der Waals surface area contributed by atoms with E-state index in [1.807, 2.05) is 72.8 Å². The molecule has 0 aliphatic rings. The maximum absolute atomic E-state index is 12.6. The average molecular weight is 686 g/mol. The van der Waals surface area contributed by atoms with Crippen LogP contribution in [0.25, 0.3) is 100 Å². The van der Waals surface area contributed by atoms with Crippen molar-refractivity contribution in [2.24, 2.45) is 14.1 Å². The fourth-order valence-corrected chi connectivity index (χ4v) is 7.56. The Bertz CT molecular complexity index is 3120. The number of nitrogens with zero attached hydrogens (tertiary/aromatic N) is 5. The van der Waals surface area contributed by atoms with Gasteiger partial charge in [-0.05, 0) is 58.0 Å². The third-order valence-corrected chi connectivity index (χ3v) is 10.2. The van der Waals surface area contributed by atoms with Gasteiger partial charge in [-0.3, -0.25) is 9.13 Å². The summed E-state index contributed by atoms with van der Waals surface area (Å²) in [5.74, 6) is 1.73. The summed E-state index contributed by atoms with van der Waals surface area (Å²) in [7, 11) is 3.60. The summed E-state index contributed by atoms with van der Waals surface area (Å²) >= 11 is 0. The van der Waals surface area contributed by atoms with E-state index in [9.17, 15) is 4.79 Å². The van der Waals surface area contributed by atoms with Crippen LogP contribution < -0.4 is 5.69 Å². The number of hydrogen-bond donors (Lipinski definition) is 0. The maximum atomic E-state index is 12.6. The van der Waals surface area contributed by atoms with E-state index >= 15 is 0 Å². The molecule has 0 aliphatic heterocycles. The van der Waals surface area contributed by atoms with E-state index in [0.29, 0.717) is 17.5 Å². The molecule has 7 heteroatoms. The molecule has 0 radical (unpaired) electrons. The first-order chi connectivity index (χ1) is 26.0. The lowest BCUT2D eigenvalue weighted by molar-refractivity contribution is 0.673. The van der Waals surface area contributed by atoms with Gasteiger partial charge in [0.25, 0.3) is 0 Å². The largest absolute Gasteiger partial charge is 0.455 e. The Morgan fingerprint density at radius 1 is 0.472 bits per heavy atom. The second-order valence-corrected chi connectivity index (χ2v) is 13.3. The van der Waals surface area contributed by atoms with Gasteiger partial charge in [-0.2, -0.15) is 0 Å². The van der Waals surface area contributed by atoms with E-state index in [2.05, 4.69) is 78.9 Å². The summed E-state index contributed by atoms with van der Waals surface area (Å²) in [4.78, 5) is 28.0. The van der Waals surface area contributed by atoms with Crippen molar-refractivity contribution in [2.75, 3.05) is 0 Å². The molecule has 0 aliphatic carbocycles. The molecular weight excluding hydrogens is 655 g/mol. The molecule has 0 bridgehead atoms. The standard InChI is InChI=1S/C46H31N5O2/c1-50-38-25-23-31(27-39(38)51(2)46(50)52)30-15-10-16-32(26-30)44-47-43(29-13-4-3-5-14-29)48-45(49-44)36-19-9-8-18-34(36)35-20-11-21-40-41(35)37-24-22-28-12-6-7-17-33(28)42(37)53-40/h3-27H,1-2H3. The molecule has 53 heavy (non-hydrogen) atoms. The number of furan rings is 1. The first-order valence-corrected chi connectivity index (χ1v) is 17.5. The summed E-state index contributed by atoms with van der Waals surface area (Å²) in [6.45, 7) is 0. The zero-order valence-corrected chi connectivity index (χ0v) is 29.0. The topological polar surface area (TPSA) is 78.7 Å². The highest BCUT2D eigenvalue weighted by atomic mass is 16.3. The average Bonchev–Trinajstić information content (AvgIpc) is 3.72. The van der Waals surface area contributed by atoms with Gasteiger partial charge in [0.2, 0.25) is 0 Å². The van der Waals surface area contributed by atoms with Crippen LogP contribution >= 0.6 is 0 Å². The fraction of sp³-hybridized carbons (Fsp3) is 0.0435. The molecule has 7 nitrogen and oxygen atoms in total. The molecule has 0 spiro atoms. The minimum absolute atomic E-state index is 0.0528.